The Labute approximate surface area is 190 Å². The lowest BCUT2D eigenvalue weighted by molar-refractivity contribution is -0.116. The Bertz CT molecular complexity index is 1270. The number of carbonyl (C=O) groups is 2. The number of H-pyrrole nitrogens is 1. The van der Waals surface area contributed by atoms with E-state index in [0.717, 1.165) is 57.9 Å². The van der Waals surface area contributed by atoms with Gasteiger partial charge in [0.2, 0.25) is 11.8 Å². The normalized spacial score (nSPS) is 13.0. The van der Waals surface area contributed by atoms with Crippen LogP contribution in [0.3, 0.4) is 0 Å². The molecule has 0 saturated heterocycles. The molecule has 5 rings (SSSR count). The van der Waals surface area contributed by atoms with Gasteiger partial charge in [0.05, 0.1) is 23.0 Å². The van der Waals surface area contributed by atoms with E-state index in [1.54, 1.807) is 11.3 Å². The molecule has 32 heavy (non-hydrogen) atoms. The number of nitrogens with zero attached hydrogens (tertiary/aromatic N) is 1. The number of aryl methyl sites for hydroxylation is 1. The average molecular weight is 445 g/mol. The van der Waals surface area contributed by atoms with Crippen LogP contribution in [-0.2, 0) is 28.9 Å². The number of rotatable bonds is 5. The minimum absolute atomic E-state index is 0.0618. The number of para-hydroxylation sites is 2. The van der Waals surface area contributed by atoms with Crippen molar-refractivity contribution in [2.24, 2.45) is 0 Å². The van der Waals surface area contributed by atoms with Gasteiger partial charge >= 0.3 is 0 Å². The van der Waals surface area contributed by atoms with Gasteiger partial charge in [0.25, 0.3) is 0 Å². The molecule has 2 aromatic heterocycles. The summed E-state index contributed by atoms with van der Waals surface area (Å²) < 4.78 is 0. The standard InChI is InChI=1S/C25H24N4O2S/c1-15(30)26-17-12-10-16(11-13-17)14-22(31)29-25-23(18-6-2-5-9-21(18)32-25)24-27-19-7-3-4-8-20(19)28-24/h3-4,7-8,10-13H,2,5-6,9,14H2,1H3,(H,26,30)(H,27,28)(H,29,31). The highest BCUT2D eigenvalue weighted by molar-refractivity contribution is 7.17. The van der Waals surface area contributed by atoms with E-state index in [2.05, 4.69) is 15.6 Å². The van der Waals surface area contributed by atoms with Crippen LogP contribution >= 0.6 is 11.3 Å². The molecule has 6 nitrogen and oxygen atoms in total. The summed E-state index contributed by atoms with van der Waals surface area (Å²) in [6.07, 6.45) is 4.67. The Morgan fingerprint density at radius 1 is 1.03 bits per heavy atom. The van der Waals surface area contributed by atoms with Crippen molar-refractivity contribution in [1.82, 2.24) is 9.97 Å². The molecule has 3 N–H and O–H groups in total. The van der Waals surface area contributed by atoms with Gasteiger partial charge in [-0.3, -0.25) is 9.59 Å². The van der Waals surface area contributed by atoms with Crippen molar-refractivity contribution in [2.75, 3.05) is 10.6 Å². The van der Waals surface area contributed by atoms with Crippen molar-refractivity contribution in [2.45, 2.75) is 39.0 Å². The predicted molar refractivity (Wildman–Crippen MR) is 129 cm³/mol. The molecule has 2 aromatic carbocycles. The average Bonchev–Trinajstić information content (AvgIpc) is 3.35. The molecule has 0 atom stereocenters. The van der Waals surface area contributed by atoms with Crippen molar-refractivity contribution < 1.29 is 9.59 Å². The van der Waals surface area contributed by atoms with Crippen LogP contribution in [0.2, 0.25) is 0 Å². The highest BCUT2D eigenvalue weighted by Crippen LogP contribution is 2.43. The lowest BCUT2D eigenvalue weighted by Gasteiger charge is -2.12. The summed E-state index contributed by atoms with van der Waals surface area (Å²) in [7, 11) is 0. The molecule has 0 fully saturated rings. The molecule has 1 aliphatic rings. The van der Waals surface area contributed by atoms with E-state index in [0.29, 0.717) is 0 Å². The number of imidazole rings is 1. The molecule has 0 unspecified atom stereocenters. The van der Waals surface area contributed by atoms with Gasteiger partial charge in [-0.1, -0.05) is 24.3 Å². The van der Waals surface area contributed by atoms with Gasteiger partial charge in [-0.15, -0.1) is 11.3 Å². The van der Waals surface area contributed by atoms with E-state index >= 15 is 0 Å². The maximum Gasteiger partial charge on any atom is 0.229 e. The molecule has 1 aliphatic carbocycles. The van der Waals surface area contributed by atoms with Gasteiger partial charge in [-0.25, -0.2) is 4.98 Å². The highest BCUT2D eigenvalue weighted by atomic mass is 32.1. The van der Waals surface area contributed by atoms with Gasteiger partial charge < -0.3 is 15.6 Å². The number of benzene rings is 2. The minimum Gasteiger partial charge on any atom is -0.338 e. The van der Waals surface area contributed by atoms with Crippen LogP contribution in [0.25, 0.3) is 22.4 Å². The smallest absolute Gasteiger partial charge is 0.229 e. The van der Waals surface area contributed by atoms with Gasteiger partial charge in [0.1, 0.15) is 10.8 Å². The molecule has 7 heteroatoms. The zero-order chi connectivity index (χ0) is 22.1. The molecule has 2 heterocycles. The number of hydrogen-bond donors (Lipinski definition) is 3. The van der Waals surface area contributed by atoms with Crippen LogP contribution < -0.4 is 10.6 Å². The number of anilines is 2. The lowest BCUT2D eigenvalue weighted by Crippen LogP contribution is -2.14. The fraction of sp³-hybridized carbons (Fsp3) is 0.240. The summed E-state index contributed by atoms with van der Waals surface area (Å²) in [5.41, 5.74) is 5.89. The molecular formula is C25H24N4O2S. The summed E-state index contributed by atoms with van der Waals surface area (Å²) in [6, 6.07) is 15.4. The van der Waals surface area contributed by atoms with E-state index in [-0.39, 0.29) is 18.2 Å². The topological polar surface area (TPSA) is 86.9 Å². The van der Waals surface area contributed by atoms with Gasteiger partial charge in [0.15, 0.2) is 0 Å². The summed E-state index contributed by atoms with van der Waals surface area (Å²) in [4.78, 5) is 33.7. The van der Waals surface area contributed by atoms with Crippen molar-refractivity contribution >= 4 is 44.9 Å². The second-order valence-electron chi connectivity index (χ2n) is 8.12. The van der Waals surface area contributed by atoms with E-state index in [1.807, 2.05) is 48.5 Å². The molecule has 2 amide bonds. The summed E-state index contributed by atoms with van der Waals surface area (Å²) in [5.74, 6) is 0.643. The van der Waals surface area contributed by atoms with Crippen LogP contribution in [0, 0.1) is 0 Å². The quantitative estimate of drug-likeness (QED) is 0.390. The van der Waals surface area contributed by atoms with Crippen LogP contribution in [0.5, 0.6) is 0 Å². The Balaban J connectivity index is 1.41. The Morgan fingerprint density at radius 3 is 2.59 bits per heavy atom. The van der Waals surface area contributed by atoms with E-state index in [1.165, 1.54) is 23.8 Å². The zero-order valence-electron chi connectivity index (χ0n) is 17.8. The Morgan fingerprint density at radius 2 is 1.81 bits per heavy atom. The SMILES string of the molecule is CC(=O)Nc1ccc(CC(=O)Nc2sc3c(c2-c2nc4ccccc4[nH]2)CCCC3)cc1. The third-order valence-electron chi connectivity index (χ3n) is 5.69. The Kier molecular flexibility index (Phi) is 5.49. The maximum atomic E-state index is 12.9. The molecule has 0 saturated carbocycles. The fourth-order valence-electron chi connectivity index (χ4n) is 4.24. The summed E-state index contributed by atoms with van der Waals surface area (Å²) >= 11 is 1.68. The minimum atomic E-state index is -0.115. The van der Waals surface area contributed by atoms with Crippen molar-refractivity contribution in [3.05, 3.63) is 64.5 Å². The molecule has 162 valence electrons. The third kappa shape index (κ3) is 4.16. The molecule has 0 spiro atoms. The Hall–Kier alpha value is -3.45. The van der Waals surface area contributed by atoms with E-state index in [9.17, 15) is 9.59 Å². The molecule has 0 bridgehead atoms. The second kappa shape index (κ2) is 8.59. The molecule has 4 aromatic rings. The van der Waals surface area contributed by atoms with E-state index in [4.69, 9.17) is 4.98 Å². The largest absolute Gasteiger partial charge is 0.338 e. The monoisotopic (exact) mass is 444 g/mol. The van der Waals surface area contributed by atoms with Crippen LogP contribution in [-0.4, -0.2) is 21.8 Å². The number of aromatic amines is 1. The molecule has 0 radical (unpaired) electrons. The number of aromatic nitrogens is 2. The van der Waals surface area contributed by atoms with Crippen molar-refractivity contribution in [3.8, 4) is 11.4 Å². The van der Waals surface area contributed by atoms with Gasteiger partial charge in [0, 0.05) is 17.5 Å². The zero-order valence-corrected chi connectivity index (χ0v) is 18.6. The number of carbonyl (C=O) groups excluding carboxylic acids is 2. The number of thiophene rings is 1. The summed E-state index contributed by atoms with van der Waals surface area (Å²) in [5, 5.41) is 6.77. The molecule has 0 aliphatic heterocycles. The first-order chi connectivity index (χ1) is 15.6. The number of amides is 2. The number of fused-ring (bicyclic) bond motifs is 2. The fourth-order valence-corrected chi connectivity index (χ4v) is 5.55. The lowest BCUT2D eigenvalue weighted by atomic mass is 9.95. The maximum absolute atomic E-state index is 12.9. The second-order valence-corrected chi connectivity index (χ2v) is 9.23. The third-order valence-corrected chi connectivity index (χ3v) is 6.90. The van der Waals surface area contributed by atoms with Gasteiger partial charge in [-0.05, 0) is 61.1 Å². The number of nitrogens with one attached hydrogen (secondary N) is 3. The van der Waals surface area contributed by atoms with Crippen molar-refractivity contribution in [3.63, 3.8) is 0 Å². The van der Waals surface area contributed by atoms with Crippen molar-refractivity contribution in [1.29, 1.82) is 0 Å². The van der Waals surface area contributed by atoms with E-state index < -0.39 is 0 Å². The molecular weight excluding hydrogens is 420 g/mol. The predicted octanol–water partition coefficient (Wildman–Crippen LogP) is 5.31. The summed E-state index contributed by atoms with van der Waals surface area (Å²) in [6.45, 7) is 1.47. The van der Waals surface area contributed by atoms with Crippen LogP contribution in [0.4, 0.5) is 10.7 Å². The van der Waals surface area contributed by atoms with Crippen LogP contribution in [0.1, 0.15) is 35.8 Å². The first kappa shape index (κ1) is 20.5. The first-order valence-electron chi connectivity index (χ1n) is 10.8. The van der Waals surface area contributed by atoms with Gasteiger partial charge in [-0.2, -0.15) is 0 Å². The first-order valence-corrected chi connectivity index (χ1v) is 11.6. The number of hydrogen-bond acceptors (Lipinski definition) is 4. The van der Waals surface area contributed by atoms with Crippen LogP contribution in [0.15, 0.2) is 48.5 Å². The highest BCUT2D eigenvalue weighted by Gasteiger charge is 2.25.